The average Bonchev–Trinajstić information content (AvgIpc) is 2.34. The molecule has 1 saturated heterocycles. The molecule has 0 bridgehead atoms. The van der Waals surface area contributed by atoms with E-state index in [2.05, 4.69) is 41.2 Å². The summed E-state index contributed by atoms with van der Waals surface area (Å²) < 4.78 is 0. The van der Waals surface area contributed by atoms with E-state index in [4.69, 9.17) is 0 Å². The average molecular weight is 233 g/mol. The van der Waals surface area contributed by atoms with Crippen LogP contribution in [-0.4, -0.2) is 35.1 Å². The predicted molar refractivity (Wildman–Crippen MR) is 70.8 cm³/mol. The van der Waals surface area contributed by atoms with Crippen molar-refractivity contribution in [3.63, 3.8) is 0 Å². The molecule has 17 heavy (non-hydrogen) atoms. The second-order valence-corrected chi connectivity index (χ2v) is 5.04. The van der Waals surface area contributed by atoms with Gasteiger partial charge in [-0.15, -0.1) is 0 Å². The Kier molecular flexibility index (Phi) is 4.51. The minimum atomic E-state index is 0.602. The summed E-state index contributed by atoms with van der Waals surface area (Å²) in [5.41, 5.74) is 1.37. The standard InChI is InChI=1S/C14H23N3/c1-3-4-14-9-16-12(2)10-17(14)11-13-5-7-15-8-6-13/h5-8,12,14,16H,3-4,9-11H2,1-2H3. The highest BCUT2D eigenvalue weighted by Gasteiger charge is 2.24. The van der Waals surface area contributed by atoms with Gasteiger partial charge in [0.25, 0.3) is 0 Å². The number of aromatic nitrogens is 1. The molecule has 1 N–H and O–H groups in total. The second kappa shape index (κ2) is 6.12. The van der Waals surface area contributed by atoms with Crippen molar-refractivity contribution in [2.45, 2.75) is 45.3 Å². The smallest absolute Gasteiger partial charge is 0.0271 e. The largest absolute Gasteiger partial charge is 0.311 e. The lowest BCUT2D eigenvalue weighted by Crippen LogP contribution is -2.54. The van der Waals surface area contributed by atoms with E-state index in [-0.39, 0.29) is 0 Å². The molecule has 3 heteroatoms. The van der Waals surface area contributed by atoms with E-state index in [1.165, 1.54) is 18.4 Å². The fourth-order valence-electron chi connectivity index (χ4n) is 2.57. The molecule has 0 saturated carbocycles. The summed E-state index contributed by atoms with van der Waals surface area (Å²) in [5.74, 6) is 0. The molecule has 0 radical (unpaired) electrons. The molecule has 0 aromatic carbocycles. The maximum absolute atomic E-state index is 4.08. The molecule has 1 aromatic heterocycles. The van der Waals surface area contributed by atoms with Gasteiger partial charge in [0.1, 0.15) is 0 Å². The molecule has 0 amide bonds. The molecule has 1 fully saturated rings. The normalized spacial score (nSPS) is 26.0. The van der Waals surface area contributed by atoms with Crippen LogP contribution in [0.5, 0.6) is 0 Å². The lowest BCUT2D eigenvalue weighted by Gasteiger charge is -2.39. The second-order valence-electron chi connectivity index (χ2n) is 5.04. The van der Waals surface area contributed by atoms with Gasteiger partial charge in [-0.25, -0.2) is 0 Å². The summed E-state index contributed by atoms with van der Waals surface area (Å²) in [6.07, 6.45) is 6.31. The van der Waals surface area contributed by atoms with E-state index in [0.717, 1.165) is 19.6 Å². The molecule has 2 atom stereocenters. The summed E-state index contributed by atoms with van der Waals surface area (Å²) in [6.45, 7) is 7.86. The van der Waals surface area contributed by atoms with Crippen LogP contribution in [0.25, 0.3) is 0 Å². The van der Waals surface area contributed by atoms with Gasteiger partial charge in [0.05, 0.1) is 0 Å². The lowest BCUT2D eigenvalue weighted by molar-refractivity contribution is 0.120. The molecule has 3 nitrogen and oxygen atoms in total. The Labute approximate surface area is 104 Å². The van der Waals surface area contributed by atoms with Crippen LogP contribution in [0.4, 0.5) is 0 Å². The molecular weight excluding hydrogens is 210 g/mol. The number of nitrogens with one attached hydrogen (secondary N) is 1. The summed E-state index contributed by atoms with van der Waals surface area (Å²) in [4.78, 5) is 6.69. The topological polar surface area (TPSA) is 28.2 Å². The zero-order chi connectivity index (χ0) is 12.1. The van der Waals surface area contributed by atoms with Gasteiger partial charge in [0, 0.05) is 44.1 Å². The van der Waals surface area contributed by atoms with Gasteiger partial charge >= 0.3 is 0 Å². The molecule has 2 unspecified atom stereocenters. The van der Waals surface area contributed by atoms with E-state index in [1.807, 2.05) is 12.4 Å². The molecule has 1 aromatic rings. The third kappa shape index (κ3) is 3.51. The Hall–Kier alpha value is -0.930. The van der Waals surface area contributed by atoms with Crippen molar-refractivity contribution in [2.75, 3.05) is 13.1 Å². The highest BCUT2D eigenvalue weighted by atomic mass is 15.2. The minimum Gasteiger partial charge on any atom is -0.311 e. The van der Waals surface area contributed by atoms with Crippen molar-refractivity contribution in [1.29, 1.82) is 0 Å². The SMILES string of the molecule is CCCC1CNC(C)CN1Cc1ccncc1. The van der Waals surface area contributed by atoms with Crippen LogP contribution in [0.1, 0.15) is 32.3 Å². The fourth-order valence-corrected chi connectivity index (χ4v) is 2.57. The monoisotopic (exact) mass is 233 g/mol. The van der Waals surface area contributed by atoms with Crippen LogP contribution < -0.4 is 5.32 Å². The molecule has 2 heterocycles. The molecule has 0 spiro atoms. The number of hydrogen-bond acceptors (Lipinski definition) is 3. The molecule has 1 aliphatic rings. The van der Waals surface area contributed by atoms with Gasteiger partial charge in [-0.05, 0) is 31.0 Å². The molecule has 0 aliphatic carbocycles. The van der Waals surface area contributed by atoms with Crippen LogP contribution in [0.3, 0.4) is 0 Å². The first-order valence-electron chi connectivity index (χ1n) is 6.66. The Balaban J connectivity index is 1.99. The Morgan fingerprint density at radius 3 is 2.88 bits per heavy atom. The molecule has 94 valence electrons. The van der Waals surface area contributed by atoms with Crippen molar-refractivity contribution < 1.29 is 0 Å². The number of piperazine rings is 1. The summed E-state index contributed by atoms with van der Waals surface area (Å²) in [5, 5.41) is 3.58. The zero-order valence-corrected chi connectivity index (χ0v) is 10.9. The quantitative estimate of drug-likeness (QED) is 0.862. The van der Waals surface area contributed by atoms with E-state index < -0.39 is 0 Å². The predicted octanol–water partition coefficient (Wildman–Crippen LogP) is 2.04. The highest BCUT2D eigenvalue weighted by Crippen LogP contribution is 2.15. The molecule has 2 rings (SSSR count). The van der Waals surface area contributed by atoms with Crippen molar-refractivity contribution in [2.24, 2.45) is 0 Å². The fraction of sp³-hybridized carbons (Fsp3) is 0.643. The van der Waals surface area contributed by atoms with Gasteiger partial charge in [-0.2, -0.15) is 0 Å². The maximum Gasteiger partial charge on any atom is 0.0271 e. The van der Waals surface area contributed by atoms with Crippen LogP contribution in [0, 0.1) is 0 Å². The van der Waals surface area contributed by atoms with E-state index in [0.29, 0.717) is 12.1 Å². The summed E-state index contributed by atoms with van der Waals surface area (Å²) >= 11 is 0. The summed E-state index contributed by atoms with van der Waals surface area (Å²) in [7, 11) is 0. The van der Waals surface area contributed by atoms with Crippen LogP contribution >= 0.6 is 0 Å². The first-order valence-corrected chi connectivity index (χ1v) is 6.66. The summed E-state index contributed by atoms with van der Waals surface area (Å²) in [6, 6.07) is 5.53. The zero-order valence-electron chi connectivity index (χ0n) is 10.9. The number of nitrogens with zero attached hydrogens (tertiary/aromatic N) is 2. The van der Waals surface area contributed by atoms with Gasteiger partial charge < -0.3 is 5.32 Å². The number of pyridine rings is 1. The lowest BCUT2D eigenvalue weighted by atomic mass is 10.0. The van der Waals surface area contributed by atoms with Crippen LogP contribution in [0.2, 0.25) is 0 Å². The van der Waals surface area contributed by atoms with Gasteiger partial charge in [0.2, 0.25) is 0 Å². The number of hydrogen-bond donors (Lipinski definition) is 1. The molecule has 1 aliphatic heterocycles. The third-order valence-electron chi connectivity index (χ3n) is 3.48. The minimum absolute atomic E-state index is 0.602. The van der Waals surface area contributed by atoms with Crippen LogP contribution in [0.15, 0.2) is 24.5 Å². The Bertz CT molecular complexity index is 325. The Morgan fingerprint density at radius 2 is 2.18 bits per heavy atom. The Morgan fingerprint density at radius 1 is 1.41 bits per heavy atom. The van der Waals surface area contributed by atoms with Gasteiger partial charge in [-0.3, -0.25) is 9.88 Å². The number of rotatable bonds is 4. The van der Waals surface area contributed by atoms with E-state index in [9.17, 15) is 0 Å². The van der Waals surface area contributed by atoms with E-state index in [1.54, 1.807) is 0 Å². The highest BCUT2D eigenvalue weighted by molar-refractivity contribution is 5.10. The molecular formula is C14H23N3. The van der Waals surface area contributed by atoms with E-state index >= 15 is 0 Å². The van der Waals surface area contributed by atoms with Crippen LogP contribution in [-0.2, 0) is 6.54 Å². The van der Waals surface area contributed by atoms with Crippen molar-refractivity contribution in [3.05, 3.63) is 30.1 Å². The van der Waals surface area contributed by atoms with Crippen molar-refractivity contribution in [3.8, 4) is 0 Å². The van der Waals surface area contributed by atoms with Crippen molar-refractivity contribution in [1.82, 2.24) is 15.2 Å². The van der Waals surface area contributed by atoms with Gasteiger partial charge in [0.15, 0.2) is 0 Å². The third-order valence-corrected chi connectivity index (χ3v) is 3.48. The maximum atomic E-state index is 4.08. The first-order chi connectivity index (χ1) is 8.29. The van der Waals surface area contributed by atoms with Crippen molar-refractivity contribution >= 4 is 0 Å². The van der Waals surface area contributed by atoms with Gasteiger partial charge in [-0.1, -0.05) is 13.3 Å². The first kappa shape index (κ1) is 12.5.